The van der Waals surface area contributed by atoms with Gasteiger partial charge >= 0.3 is 5.97 Å². The predicted molar refractivity (Wildman–Crippen MR) is 96.0 cm³/mol. The summed E-state index contributed by atoms with van der Waals surface area (Å²) in [5.41, 5.74) is 1.99. The lowest BCUT2D eigenvalue weighted by atomic mass is 10.1. The molecule has 1 amide bonds. The van der Waals surface area contributed by atoms with Crippen LogP contribution in [0.25, 0.3) is 10.9 Å². The lowest BCUT2D eigenvalue weighted by Gasteiger charge is -2.20. The molecule has 0 aliphatic carbocycles. The highest BCUT2D eigenvalue weighted by Crippen LogP contribution is 2.27. The van der Waals surface area contributed by atoms with Crippen molar-refractivity contribution in [1.29, 1.82) is 0 Å². The van der Waals surface area contributed by atoms with Gasteiger partial charge in [-0.25, -0.2) is 0 Å². The molecule has 0 radical (unpaired) electrons. The molecule has 0 aliphatic rings. The summed E-state index contributed by atoms with van der Waals surface area (Å²) < 4.78 is 4.61. The molecule has 24 heavy (non-hydrogen) atoms. The average Bonchev–Trinajstić information content (AvgIpc) is 3.02. The van der Waals surface area contributed by atoms with Gasteiger partial charge in [0.15, 0.2) is 0 Å². The zero-order valence-electron chi connectivity index (χ0n) is 14.5. The second kappa shape index (κ2) is 9.11. The number of ether oxygens (including phenoxy) is 1. The molecule has 0 fully saturated rings. The van der Waals surface area contributed by atoms with Crippen LogP contribution >= 0.6 is 0 Å². The largest absolute Gasteiger partial charge is 0.469 e. The number of hydrogen-bond acceptors (Lipinski definition) is 3. The Morgan fingerprint density at radius 1 is 1.08 bits per heavy atom. The van der Waals surface area contributed by atoms with Crippen LogP contribution in [-0.2, 0) is 14.3 Å². The van der Waals surface area contributed by atoms with Crippen LogP contribution in [0.15, 0.2) is 30.5 Å². The van der Waals surface area contributed by atoms with E-state index in [0.717, 1.165) is 42.3 Å². The van der Waals surface area contributed by atoms with Gasteiger partial charge in [0.2, 0.25) is 5.91 Å². The van der Waals surface area contributed by atoms with Crippen molar-refractivity contribution < 1.29 is 14.3 Å². The highest BCUT2D eigenvalue weighted by Gasteiger charge is 2.16. The SMILES string of the molecule is CCN(C(=O)CCCCCCC(=O)OC)c1c[nH]c2ccccc12. The summed E-state index contributed by atoms with van der Waals surface area (Å²) in [5.74, 6) is -0.0159. The van der Waals surface area contributed by atoms with Gasteiger partial charge in [0, 0.05) is 36.5 Å². The van der Waals surface area contributed by atoms with Crippen LogP contribution in [0.1, 0.15) is 45.4 Å². The van der Waals surface area contributed by atoms with E-state index >= 15 is 0 Å². The van der Waals surface area contributed by atoms with Crippen LogP contribution < -0.4 is 4.90 Å². The summed E-state index contributed by atoms with van der Waals surface area (Å²) >= 11 is 0. The van der Waals surface area contributed by atoms with Gasteiger partial charge in [-0.3, -0.25) is 9.59 Å². The molecular weight excluding hydrogens is 304 g/mol. The highest BCUT2D eigenvalue weighted by atomic mass is 16.5. The van der Waals surface area contributed by atoms with E-state index in [-0.39, 0.29) is 11.9 Å². The van der Waals surface area contributed by atoms with Gasteiger partial charge in [-0.2, -0.15) is 0 Å². The summed E-state index contributed by atoms with van der Waals surface area (Å²) in [6.07, 6.45) is 6.46. The number of unbranched alkanes of at least 4 members (excludes halogenated alkanes) is 3. The number of methoxy groups -OCH3 is 1. The van der Waals surface area contributed by atoms with Gasteiger partial charge in [0.05, 0.1) is 12.8 Å². The monoisotopic (exact) mass is 330 g/mol. The van der Waals surface area contributed by atoms with Crippen molar-refractivity contribution in [3.63, 3.8) is 0 Å². The number of carbonyl (C=O) groups is 2. The third-order valence-electron chi connectivity index (χ3n) is 4.22. The number of nitrogens with one attached hydrogen (secondary N) is 1. The summed E-state index contributed by atoms with van der Waals surface area (Å²) in [6.45, 7) is 2.65. The Hall–Kier alpha value is -2.30. The Morgan fingerprint density at radius 2 is 1.79 bits per heavy atom. The number of fused-ring (bicyclic) bond motifs is 1. The van der Waals surface area contributed by atoms with Crippen molar-refractivity contribution in [2.75, 3.05) is 18.6 Å². The fourth-order valence-corrected chi connectivity index (χ4v) is 2.90. The smallest absolute Gasteiger partial charge is 0.305 e. The van der Waals surface area contributed by atoms with E-state index in [4.69, 9.17) is 0 Å². The van der Waals surface area contributed by atoms with Crippen LogP contribution in [0.5, 0.6) is 0 Å². The summed E-state index contributed by atoms with van der Waals surface area (Å²) in [5, 5.41) is 1.07. The molecular formula is C19H26N2O3. The first-order valence-corrected chi connectivity index (χ1v) is 8.60. The molecule has 0 spiro atoms. The Morgan fingerprint density at radius 3 is 2.50 bits per heavy atom. The molecule has 1 N–H and O–H groups in total. The Labute approximate surface area is 143 Å². The number of esters is 1. The van der Waals surface area contributed by atoms with Gasteiger partial charge in [0.1, 0.15) is 0 Å². The number of benzene rings is 1. The van der Waals surface area contributed by atoms with E-state index < -0.39 is 0 Å². The number of carbonyl (C=O) groups excluding carboxylic acids is 2. The van der Waals surface area contributed by atoms with Crippen LogP contribution in [-0.4, -0.2) is 30.5 Å². The second-order valence-corrected chi connectivity index (χ2v) is 5.85. The topological polar surface area (TPSA) is 62.4 Å². The van der Waals surface area contributed by atoms with E-state index in [1.54, 1.807) is 0 Å². The van der Waals surface area contributed by atoms with Crippen molar-refractivity contribution in [1.82, 2.24) is 4.98 Å². The van der Waals surface area contributed by atoms with E-state index in [1.165, 1.54) is 7.11 Å². The second-order valence-electron chi connectivity index (χ2n) is 5.85. The molecule has 0 saturated heterocycles. The standard InChI is InChI=1S/C19H26N2O3/c1-3-21(17-14-20-16-11-9-8-10-15(16)17)18(22)12-6-4-5-7-13-19(23)24-2/h8-11,14,20H,3-7,12-13H2,1-2H3. The van der Waals surface area contributed by atoms with E-state index in [2.05, 4.69) is 9.72 Å². The molecule has 1 heterocycles. The summed E-state index contributed by atoms with van der Waals surface area (Å²) in [6, 6.07) is 8.01. The van der Waals surface area contributed by atoms with Crippen molar-refractivity contribution in [2.45, 2.75) is 45.4 Å². The Balaban J connectivity index is 1.83. The van der Waals surface area contributed by atoms with Crippen LogP contribution in [0.2, 0.25) is 0 Å². The number of hydrogen-bond donors (Lipinski definition) is 1. The maximum atomic E-state index is 12.5. The first-order chi connectivity index (χ1) is 11.7. The molecule has 2 aromatic rings. The Bertz CT molecular complexity index is 678. The van der Waals surface area contributed by atoms with E-state index in [9.17, 15) is 9.59 Å². The minimum absolute atomic E-state index is 0.148. The van der Waals surface area contributed by atoms with Gasteiger partial charge in [-0.15, -0.1) is 0 Å². The van der Waals surface area contributed by atoms with Crippen LogP contribution in [0.3, 0.4) is 0 Å². The number of nitrogens with zero attached hydrogens (tertiary/aromatic N) is 1. The summed E-state index contributed by atoms with van der Waals surface area (Å²) in [7, 11) is 1.41. The zero-order valence-corrected chi connectivity index (χ0v) is 14.5. The fraction of sp³-hybridized carbons (Fsp3) is 0.474. The zero-order chi connectivity index (χ0) is 17.4. The van der Waals surface area contributed by atoms with Crippen molar-refractivity contribution in [2.24, 2.45) is 0 Å². The third-order valence-corrected chi connectivity index (χ3v) is 4.22. The lowest BCUT2D eigenvalue weighted by Crippen LogP contribution is -2.30. The molecule has 0 bridgehead atoms. The molecule has 130 valence electrons. The van der Waals surface area contributed by atoms with E-state index in [1.807, 2.05) is 42.3 Å². The third kappa shape index (κ3) is 4.60. The molecule has 5 nitrogen and oxygen atoms in total. The van der Waals surface area contributed by atoms with Gasteiger partial charge in [0.25, 0.3) is 0 Å². The minimum atomic E-state index is -0.164. The van der Waals surface area contributed by atoms with Crippen LogP contribution in [0.4, 0.5) is 5.69 Å². The maximum Gasteiger partial charge on any atom is 0.305 e. The number of amides is 1. The number of aromatic amines is 1. The first kappa shape index (κ1) is 18.0. The van der Waals surface area contributed by atoms with Crippen molar-refractivity contribution in [3.8, 4) is 0 Å². The van der Waals surface area contributed by atoms with Crippen molar-refractivity contribution >= 4 is 28.5 Å². The van der Waals surface area contributed by atoms with Gasteiger partial charge in [-0.1, -0.05) is 31.0 Å². The summed E-state index contributed by atoms with van der Waals surface area (Å²) in [4.78, 5) is 28.6. The molecule has 0 saturated carbocycles. The van der Waals surface area contributed by atoms with E-state index in [0.29, 0.717) is 19.4 Å². The normalized spacial score (nSPS) is 10.8. The number of anilines is 1. The molecule has 5 heteroatoms. The minimum Gasteiger partial charge on any atom is -0.469 e. The van der Waals surface area contributed by atoms with Gasteiger partial charge < -0.3 is 14.6 Å². The molecule has 2 rings (SSSR count). The maximum absolute atomic E-state index is 12.5. The first-order valence-electron chi connectivity index (χ1n) is 8.60. The molecule has 0 atom stereocenters. The molecule has 0 unspecified atom stereocenters. The molecule has 1 aromatic carbocycles. The highest BCUT2D eigenvalue weighted by molar-refractivity contribution is 6.03. The van der Waals surface area contributed by atoms with Crippen molar-refractivity contribution in [3.05, 3.63) is 30.5 Å². The number of aromatic nitrogens is 1. The quantitative estimate of drug-likeness (QED) is 0.557. The lowest BCUT2D eigenvalue weighted by molar-refractivity contribution is -0.140. The van der Waals surface area contributed by atoms with Crippen LogP contribution in [0, 0.1) is 0 Å². The number of para-hydroxylation sites is 1. The molecule has 1 aromatic heterocycles. The molecule has 0 aliphatic heterocycles. The number of H-pyrrole nitrogens is 1. The average molecular weight is 330 g/mol. The fourth-order valence-electron chi connectivity index (χ4n) is 2.90. The number of rotatable bonds is 9. The van der Waals surface area contributed by atoms with Gasteiger partial charge in [-0.05, 0) is 25.8 Å². The predicted octanol–water partition coefficient (Wildman–Crippen LogP) is 4.03. The Kier molecular flexibility index (Phi) is 6.85.